The minimum atomic E-state index is -0.642. The highest BCUT2D eigenvalue weighted by Gasteiger charge is 2.19. The molecule has 0 aromatic carbocycles. The Labute approximate surface area is 94.2 Å². The van der Waals surface area contributed by atoms with Crippen LogP contribution in [0.15, 0.2) is 4.99 Å². The Balaban J connectivity index is 4.07. The van der Waals surface area contributed by atoms with Crippen LogP contribution in [0.3, 0.4) is 0 Å². The lowest BCUT2D eigenvalue weighted by atomic mass is 10.1. The van der Waals surface area contributed by atoms with Crippen LogP contribution >= 0.6 is 0 Å². The molecule has 0 heterocycles. The molecule has 0 rings (SSSR count). The van der Waals surface area contributed by atoms with Gasteiger partial charge in [0.05, 0.1) is 7.11 Å². The van der Waals surface area contributed by atoms with E-state index in [0.717, 1.165) is 0 Å². The monoisotopic (exact) mass is 230 g/mol. The van der Waals surface area contributed by atoms with E-state index in [0.29, 0.717) is 19.4 Å². The molecule has 0 saturated carbocycles. The summed E-state index contributed by atoms with van der Waals surface area (Å²) < 4.78 is 4.55. The second-order valence-electron chi connectivity index (χ2n) is 3.23. The highest BCUT2D eigenvalue weighted by atomic mass is 16.5. The smallest absolute Gasteiger partial charge is 0.328 e. The van der Waals surface area contributed by atoms with Gasteiger partial charge in [0.2, 0.25) is 5.91 Å². The van der Waals surface area contributed by atoms with Crippen molar-refractivity contribution in [2.75, 3.05) is 13.7 Å². The zero-order valence-corrected chi connectivity index (χ0v) is 9.53. The average molecular weight is 230 g/mol. The van der Waals surface area contributed by atoms with Gasteiger partial charge in [-0.25, -0.2) is 4.79 Å². The van der Waals surface area contributed by atoms with Crippen LogP contribution < -0.4 is 16.8 Å². The summed E-state index contributed by atoms with van der Waals surface area (Å²) in [7, 11) is 1.27. The second-order valence-corrected chi connectivity index (χ2v) is 3.23. The van der Waals surface area contributed by atoms with Crippen molar-refractivity contribution in [2.24, 2.45) is 16.5 Å². The van der Waals surface area contributed by atoms with Crippen LogP contribution in [0.25, 0.3) is 0 Å². The molecule has 0 aliphatic rings. The van der Waals surface area contributed by atoms with E-state index in [4.69, 9.17) is 11.5 Å². The van der Waals surface area contributed by atoms with Crippen LogP contribution in [-0.2, 0) is 14.3 Å². The zero-order valence-electron chi connectivity index (χ0n) is 9.53. The average Bonchev–Trinajstić information content (AvgIpc) is 2.20. The molecule has 1 unspecified atom stereocenters. The molecule has 16 heavy (non-hydrogen) atoms. The number of aliphatic imine (C=N–C) groups is 1. The SMILES string of the molecule is COC(=O)C(CCCN=C(N)N)NC(C)=O. The fourth-order valence-electron chi connectivity index (χ4n) is 1.14. The summed E-state index contributed by atoms with van der Waals surface area (Å²) in [4.78, 5) is 25.9. The van der Waals surface area contributed by atoms with Gasteiger partial charge < -0.3 is 21.5 Å². The Morgan fingerprint density at radius 3 is 2.50 bits per heavy atom. The Morgan fingerprint density at radius 1 is 1.44 bits per heavy atom. The van der Waals surface area contributed by atoms with E-state index in [1.807, 2.05) is 0 Å². The topological polar surface area (TPSA) is 120 Å². The minimum absolute atomic E-state index is 0.00847. The van der Waals surface area contributed by atoms with E-state index in [9.17, 15) is 9.59 Å². The molecule has 0 radical (unpaired) electrons. The number of guanidine groups is 1. The number of carbonyl (C=O) groups excluding carboxylic acids is 2. The number of hydrogen-bond donors (Lipinski definition) is 3. The molecule has 5 N–H and O–H groups in total. The van der Waals surface area contributed by atoms with Gasteiger partial charge in [-0.05, 0) is 12.8 Å². The third-order valence-corrected chi connectivity index (χ3v) is 1.81. The lowest BCUT2D eigenvalue weighted by molar-refractivity contribution is -0.145. The maximum absolute atomic E-state index is 11.3. The Kier molecular flexibility index (Phi) is 6.66. The lowest BCUT2D eigenvalue weighted by Gasteiger charge is -2.14. The third-order valence-electron chi connectivity index (χ3n) is 1.81. The van der Waals surface area contributed by atoms with Crippen molar-refractivity contribution in [3.8, 4) is 0 Å². The van der Waals surface area contributed by atoms with Gasteiger partial charge in [-0.15, -0.1) is 0 Å². The van der Waals surface area contributed by atoms with Gasteiger partial charge in [0.15, 0.2) is 5.96 Å². The molecule has 0 bridgehead atoms. The first-order chi connectivity index (χ1) is 7.47. The van der Waals surface area contributed by atoms with E-state index >= 15 is 0 Å². The van der Waals surface area contributed by atoms with Crippen molar-refractivity contribution in [1.82, 2.24) is 5.32 Å². The van der Waals surface area contributed by atoms with Crippen molar-refractivity contribution < 1.29 is 14.3 Å². The second kappa shape index (κ2) is 7.49. The van der Waals surface area contributed by atoms with Gasteiger partial charge in [0, 0.05) is 13.5 Å². The number of nitrogens with zero attached hydrogens (tertiary/aromatic N) is 1. The van der Waals surface area contributed by atoms with E-state index in [1.165, 1.54) is 14.0 Å². The van der Waals surface area contributed by atoms with Crippen LogP contribution in [0.1, 0.15) is 19.8 Å². The molecule has 0 aliphatic heterocycles. The molecule has 7 nitrogen and oxygen atoms in total. The summed E-state index contributed by atoms with van der Waals surface area (Å²) in [5.41, 5.74) is 10.3. The van der Waals surface area contributed by atoms with Crippen molar-refractivity contribution in [1.29, 1.82) is 0 Å². The Bertz CT molecular complexity index is 274. The van der Waals surface area contributed by atoms with Gasteiger partial charge in [-0.2, -0.15) is 0 Å². The molecular weight excluding hydrogens is 212 g/mol. The molecular formula is C9H18N4O3. The maximum Gasteiger partial charge on any atom is 0.328 e. The molecule has 0 aromatic heterocycles. The molecule has 0 aliphatic carbocycles. The van der Waals surface area contributed by atoms with Gasteiger partial charge in [0.25, 0.3) is 0 Å². The number of rotatable bonds is 6. The fraction of sp³-hybridized carbons (Fsp3) is 0.667. The largest absolute Gasteiger partial charge is 0.467 e. The van der Waals surface area contributed by atoms with Crippen LogP contribution in [-0.4, -0.2) is 37.5 Å². The van der Waals surface area contributed by atoms with Crippen LogP contribution in [0.5, 0.6) is 0 Å². The number of esters is 1. The highest BCUT2D eigenvalue weighted by Crippen LogP contribution is 2.00. The molecule has 0 spiro atoms. The number of amides is 1. The van der Waals surface area contributed by atoms with Crippen molar-refractivity contribution >= 4 is 17.8 Å². The van der Waals surface area contributed by atoms with E-state index in [-0.39, 0.29) is 11.9 Å². The normalized spacial score (nSPS) is 11.4. The molecule has 0 aromatic rings. The lowest BCUT2D eigenvalue weighted by Crippen LogP contribution is -2.40. The fourth-order valence-corrected chi connectivity index (χ4v) is 1.14. The third kappa shape index (κ3) is 6.63. The first-order valence-corrected chi connectivity index (χ1v) is 4.87. The molecule has 1 atom stereocenters. The highest BCUT2D eigenvalue weighted by molar-refractivity contribution is 5.83. The van der Waals surface area contributed by atoms with Gasteiger partial charge in [0.1, 0.15) is 6.04 Å². The molecule has 1 amide bonds. The first kappa shape index (κ1) is 14.2. The predicted molar refractivity (Wildman–Crippen MR) is 59.5 cm³/mol. The number of nitrogens with two attached hydrogens (primary N) is 2. The zero-order chi connectivity index (χ0) is 12.6. The standard InChI is InChI=1S/C9H18N4O3/c1-6(14)13-7(8(15)16-2)4-3-5-12-9(10)11/h7H,3-5H2,1-2H3,(H,13,14)(H4,10,11,12). The number of carbonyl (C=O) groups is 2. The van der Waals surface area contributed by atoms with E-state index < -0.39 is 12.0 Å². The summed E-state index contributed by atoms with van der Waals surface area (Å²) in [6, 6.07) is -0.642. The van der Waals surface area contributed by atoms with Crippen LogP contribution in [0.2, 0.25) is 0 Å². The summed E-state index contributed by atoms with van der Waals surface area (Å²) in [5, 5.41) is 2.49. The van der Waals surface area contributed by atoms with Gasteiger partial charge in [-0.3, -0.25) is 9.79 Å². The minimum Gasteiger partial charge on any atom is -0.467 e. The summed E-state index contributed by atoms with van der Waals surface area (Å²) in [6.45, 7) is 1.75. The molecule has 0 fully saturated rings. The van der Waals surface area contributed by atoms with E-state index in [1.54, 1.807) is 0 Å². The number of hydrogen-bond acceptors (Lipinski definition) is 4. The van der Waals surface area contributed by atoms with Crippen LogP contribution in [0.4, 0.5) is 0 Å². The van der Waals surface area contributed by atoms with Crippen molar-refractivity contribution in [3.63, 3.8) is 0 Å². The summed E-state index contributed by atoms with van der Waals surface area (Å²) in [5.74, 6) is -0.744. The Morgan fingerprint density at radius 2 is 2.06 bits per heavy atom. The molecule has 92 valence electrons. The number of ether oxygens (including phenoxy) is 1. The van der Waals surface area contributed by atoms with Crippen molar-refractivity contribution in [2.45, 2.75) is 25.8 Å². The summed E-state index contributed by atoms with van der Waals surface area (Å²) >= 11 is 0. The van der Waals surface area contributed by atoms with E-state index in [2.05, 4.69) is 15.0 Å². The van der Waals surface area contributed by atoms with Crippen LogP contribution in [0, 0.1) is 0 Å². The number of nitrogens with one attached hydrogen (secondary N) is 1. The maximum atomic E-state index is 11.3. The van der Waals surface area contributed by atoms with Crippen molar-refractivity contribution in [3.05, 3.63) is 0 Å². The predicted octanol–water partition coefficient (Wildman–Crippen LogP) is -1.28. The first-order valence-electron chi connectivity index (χ1n) is 4.87. The summed E-state index contributed by atoms with van der Waals surface area (Å²) in [6.07, 6.45) is 1.01. The Hall–Kier alpha value is -1.79. The molecule has 0 saturated heterocycles. The molecule has 7 heteroatoms. The quantitative estimate of drug-likeness (QED) is 0.227. The number of methoxy groups -OCH3 is 1. The van der Waals surface area contributed by atoms with Gasteiger partial charge in [-0.1, -0.05) is 0 Å². The van der Waals surface area contributed by atoms with Gasteiger partial charge >= 0.3 is 5.97 Å².